The van der Waals surface area contributed by atoms with Gasteiger partial charge in [-0.2, -0.15) is 0 Å². The summed E-state index contributed by atoms with van der Waals surface area (Å²) >= 11 is 0. The molecular formula is C31H50O4. The van der Waals surface area contributed by atoms with Crippen LogP contribution in [0.25, 0.3) is 0 Å². The first-order valence-corrected chi connectivity index (χ1v) is 14.4. The summed E-state index contributed by atoms with van der Waals surface area (Å²) in [5.41, 5.74) is 0.955. The van der Waals surface area contributed by atoms with E-state index in [0.29, 0.717) is 29.5 Å². The summed E-state index contributed by atoms with van der Waals surface area (Å²) < 4.78 is 6.30. The second-order valence-corrected chi connectivity index (χ2v) is 15.0. The van der Waals surface area contributed by atoms with Gasteiger partial charge in [0.15, 0.2) is 0 Å². The third-order valence-electron chi connectivity index (χ3n) is 12.7. The molecule has 5 aliphatic rings. The molecule has 4 aliphatic carbocycles. The van der Waals surface area contributed by atoms with Crippen LogP contribution in [-0.2, 0) is 9.53 Å². The van der Waals surface area contributed by atoms with Gasteiger partial charge in [-0.1, -0.05) is 46.3 Å². The Kier molecular flexibility index (Phi) is 5.85. The number of allylic oxidation sites excluding steroid dienone is 2. The zero-order chi connectivity index (χ0) is 25.8. The fourth-order valence-corrected chi connectivity index (χ4v) is 10.3. The number of hydrogen-bond acceptors (Lipinski definition) is 4. The number of carbonyl (C=O) groups excluding carboxylic acids is 1. The summed E-state index contributed by atoms with van der Waals surface area (Å²) in [5.74, 6) is 2.48. The van der Waals surface area contributed by atoms with Crippen LogP contribution in [0.3, 0.4) is 0 Å². The lowest BCUT2D eigenvalue weighted by Crippen LogP contribution is -2.57. The average Bonchev–Trinajstić information content (AvgIpc) is 3.26. The fraction of sp³-hybridized carbons (Fsp3) is 0.903. The second kappa shape index (κ2) is 7.90. The largest absolute Gasteiger partial charge is 0.388 e. The molecule has 1 aliphatic heterocycles. The molecule has 0 radical (unpaired) electrons. The van der Waals surface area contributed by atoms with Crippen LogP contribution in [0.4, 0.5) is 0 Å². The number of hydrogen-bond donors (Lipinski definition) is 2. The van der Waals surface area contributed by atoms with Crippen molar-refractivity contribution in [1.29, 1.82) is 0 Å². The molecule has 10 atom stereocenters. The molecule has 4 nitrogen and oxygen atoms in total. The van der Waals surface area contributed by atoms with Crippen LogP contribution in [0.1, 0.15) is 107 Å². The van der Waals surface area contributed by atoms with Gasteiger partial charge >= 0.3 is 0 Å². The molecule has 35 heavy (non-hydrogen) atoms. The van der Waals surface area contributed by atoms with E-state index >= 15 is 0 Å². The molecule has 0 amide bonds. The predicted molar refractivity (Wildman–Crippen MR) is 139 cm³/mol. The van der Waals surface area contributed by atoms with Crippen molar-refractivity contribution in [3.8, 4) is 0 Å². The van der Waals surface area contributed by atoms with E-state index in [4.69, 9.17) is 4.74 Å². The van der Waals surface area contributed by atoms with Crippen molar-refractivity contribution in [3.05, 3.63) is 11.6 Å². The molecule has 3 saturated carbocycles. The van der Waals surface area contributed by atoms with Gasteiger partial charge in [-0.25, -0.2) is 0 Å². The van der Waals surface area contributed by atoms with Gasteiger partial charge in [0.1, 0.15) is 11.9 Å². The van der Waals surface area contributed by atoms with E-state index in [1.165, 1.54) is 25.7 Å². The van der Waals surface area contributed by atoms with Gasteiger partial charge in [0.2, 0.25) is 0 Å². The van der Waals surface area contributed by atoms with Crippen LogP contribution in [0.2, 0.25) is 0 Å². The highest BCUT2D eigenvalue weighted by Gasteiger charge is 2.66. The smallest absolute Gasteiger partial charge is 0.138 e. The summed E-state index contributed by atoms with van der Waals surface area (Å²) in [6.07, 6.45) is 10.1. The molecule has 198 valence electrons. The third-order valence-corrected chi connectivity index (χ3v) is 12.7. The Morgan fingerprint density at radius 1 is 1.09 bits per heavy atom. The van der Waals surface area contributed by atoms with Gasteiger partial charge in [0, 0.05) is 11.8 Å². The van der Waals surface area contributed by atoms with Crippen molar-refractivity contribution >= 4 is 5.78 Å². The molecule has 4 heteroatoms. The number of ketones is 1. The number of rotatable bonds is 3. The third kappa shape index (κ3) is 3.44. The molecule has 4 fully saturated rings. The lowest BCUT2D eigenvalue weighted by molar-refractivity contribution is -0.146. The van der Waals surface area contributed by atoms with E-state index in [9.17, 15) is 15.0 Å². The summed E-state index contributed by atoms with van der Waals surface area (Å²) in [6, 6.07) is 0. The molecule has 1 saturated heterocycles. The molecule has 1 heterocycles. The molecule has 0 unspecified atom stereocenters. The minimum Gasteiger partial charge on any atom is -0.388 e. The van der Waals surface area contributed by atoms with Crippen molar-refractivity contribution in [2.75, 3.05) is 0 Å². The van der Waals surface area contributed by atoms with Crippen LogP contribution < -0.4 is 0 Å². The van der Waals surface area contributed by atoms with Crippen LogP contribution in [0.5, 0.6) is 0 Å². The molecule has 0 spiro atoms. The Morgan fingerprint density at radius 2 is 1.77 bits per heavy atom. The van der Waals surface area contributed by atoms with Crippen molar-refractivity contribution in [1.82, 2.24) is 0 Å². The van der Waals surface area contributed by atoms with Gasteiger partial charge in [-0.05, 0) is 106 Å². The maximum atomic E-state index is 12.9. The van der Waals surface area contributed by atoms with Crippen molar-refractivity contribution < 1.29 is 19.7 Å². The Balaban J connectivity index is 1.44. The molecule has 0 aromatic carbocycles. The first-order chi connectivity index (χ1) is 16.1. The summed E-state index contributed by atoms with van der Waals surface area (Å²) in [5, 5.41) is 21.2. The number of fused-ring (bicyclic) bond motifs is 5. The van der Waals surface area contributed by atoms with E-state index in [1.54, 1.807) is 19.4 Å². The number of aliphatic hydroxyl groups excluding tert-OH is 1. The van der Waals surface area contributed by atoms with Gasteiger partial charge in [0.05, 0.1) is 17.8 Å². The number of aliphatic hydroxyl groups is 2. The minimum atomic E-state index is -1.15. The van der Waals surface area contributed by atoms with Crippen molar-refractivity contribution in [2.24, 2.45) is 45.3 Å². The predicted octanol–water partition coefficient (Wildman–Crippen LogP) is 6.09. The Bertz CT molecular complexity index is 913. The SMILES string of the molecule is C[C@@H]1O[C@@H]([C@H](O)C(C)(C)O)C[C@H]1[C@@H]1CC[C@]2(C)C3=CC[C@H]4C(C)(C)C(=O)CC[C@]4(C)[C@H]3CC[C@@]12C. The Hall–Kier alpha value is -0.710. The van der Waals surface area contributed by atoms with Crippen LogP contribution in [-0.4, -0.2) is 39.9 Å². The van der Waals surface area contributed by atoms with Gasteiger partial charge in [-0.15, -0.1) is 0 Å². The van der Waals surface area contributed by atoms with Gasteiger partial charge < -0.3 is 14.9 Å². The highest BCUT2D eigenvalue weighted by atomic mass is 16.5. The fourth-order valence-electron chi connectivity index (χ4n) is 10.3. The van der Waals surface area contributed by atoms with Crippen molar-refractivity contribution in [2.45, 2.75) is 131 Å². The molecule has 0 bridgehead atoms. The van der Waals surface area contributed by atoms with Crippen LogP contribution in [0.15, 0.2) is 11.6 Å². The summed E-state index contributed by atoms with van der Waals surface area (Å²) in [4.78, 5) is 12.9. The van der Waals surface area contributed by atoms with E-state index in [-0.39, 0.29) is 33.9 Å². The van der Waals surface area contributed by atoms with Gasteiger partial charge in [0.25, 0.3) is 0 Å². The van der Waals surface area contributed by atoms with Gasteiger partial charge in [-0.3, -0.25) is 4.79 Å². The quantitative estimate of drug-likeness (QED) is 0.474. The van der Waals surface area contributed by atoms with E-state index in [2.05, 4.69) is 47.6 Å². The summed E-state index contributed by atoms with van der Waals surface area (Å²) in [6.45, 7) is 17.6. The highest BCUT2D eigenvalue weighted by Crippen LogP contribution is 2.73. The Labute approximate surface area is 213 Å². The van der Waals surface area contributed by atoms with E-state index in [0.717, 1.165) is 25.7 Å². The lowest BCUT2D eigenvalue weighted by Gasteiger charge is -2.63. The molecule has 2 N–H and O–H groups in total. The highest BCUT2D eigenvalue weighted by molar-refractivity contribution is 5.85. The average molecular weight is 487 g/mol. The Morgan fingerprint density at radius 3 is 2.43 bits per heavy atom. The second-order valence-electron chi connectivity index (χ2n) is 15.0. The van der Waals surface area contributed by atoms with Crippen molar-refractivity contribution in [3.63, 3.8) is 0 Å². The first kappa shape index (κ1) is 25.9. The minimum absolute atomic E-state index is 0.103. The normalized spacial score (nSPS) is 50.2. The number of Topliss-reactive ketones (excluding diaryl/α,β-unsaturated/α-hetero) is 1. The number of ether oxygens (including phenoxy) is 1. The first-order valence-electron chi connectivity index (χ1n) is 14.4. The molecule has 0 aromatic rings. The maximum Gasteiger partial charge on any atom is 0.138 e. The van der Waals surface area contributed by atoms with E-state index in [1.807, 2.05) is 0 Å². The van der Waals surface area contributed by atoms with Crippen LogP contribution >= 0.6 is 0 Å². The monoisotopic (exact) mass is 486 g/mol. The zero-order valence-electron chi connectivity index (χ0n) is 23.5. The molecular weight excluding hydrogens is 436 g/mol. The number of carbonyl (C=O) groups is 1. The summed E-state index contributed by atoms with van der Waals surface area (Å²) in [7, 11) is 0. The topological polar surface area (TPSA) is 66.8 Å². The maximum absolute atomic E-state index is 12.9. The van der Waals surface area contributed by atoms with E-state index < -0.39 is 11.7 Å². The van der Waals surface area contributed by atoms with Crippen LogP contribution in [0, 0.1) is 45.3 Å². The zero-order valence-corrected chi connectivity index (χ0v) is 23.5. The lowest BCUT2D eigenvalue weighted by atomic mass is 9.41. The molecule has 5 rings (SSSR count). The molecule has 0 aromatic heterocycles. The standard InChI is InChI=1S/C31H50O4/c1-18-19(17-23(35-18)26(33)28(4,5)34)20-11-15-31(8)22-9-10-24-27(2,3)25(32)13-14-29(24,6)21(22)12-16-30(20,31)7/h9,18-21,23-24,26,33-34H,10-17H2,1-8H3/t18-,19+,20-,21-,23+,24-,26-,29+,30-,31+/m0/s1.